The number of rotatable bonds is 4. The molecule has 0 amide bonds. The second-order valence-electron chi connectivity index (χ2n) is 4.25. The molecule has 1 atom stereocenters. The van der Waals surface area contributed by atoms with Gasteiger partial charge in [0, 0.05) is 17.5 Å². The van der Waals surface area contributed by atoms with E-state index in [9.17, 15) is 8.60 Å². The average Bonchev–Trinajstić information content (AvgIpc) is 2.39. The van der Waals surface area contributed by atoms with E-state index in [0.717, 1.165) is 0 Å². The molecule has 0 radical (unpaired) electrons. The number of hydrogen-bond acceptors (Lipinski definition) is 3. The van der Waals surface area contributed by atoms with Crippen LogP contribution in [0.15, 0.2) is 42.5 Å². The van der Waals surface area contributed by atoms with Crippen molar-refractivity contribution in [2.75, 3.05) is 11.0 Å². The quantitative estimate of drug-likeness (QED) is 0.733. The molecule has 2 rings (SSSR count). The maximum Gasteiger partial charge on any atom is 0.488 e. The van der Waals surface area contributed by atoms with Gasteiger partial charge in [0.05, 0.1) is 0 Å². The molecule has 4 nitrogen and oxygen atoms in total. The molecule has 0 spiro atoms. The number of hydrogen-bond donors (Lipinski definition) is 3. The molecule has 0 fully saturated rings. The van der Waals surface area contributed by atoms with Crippen molar-refractivity contribution in [1.82, 2.24) is 0 Å². The highest BCUT2D eigenvalue weighted by atomic mass is 32.2. The van der Waals surface area contributed by atoms with Gasteiger partial charge in [0.25, 0.3) is 0 Å². The lowest BCUT2D eigenvalue weighted by Gasteiger charge is -2.08. The summed E-state index contributed by atoms with van der Waals surface area (Å²) >= 11 is 0. The molecule has 2 aromatic carbocycles. The third-order valence-corrected chi connectivity index (χ3v) is 3.27. The summed E-state index contributed by atoms with van der Waals surface area (Å²) in [6.07, 6.45) is 1.51. The molecule has 3 N–H and O–H groups in total. The summed E-state index contributed by atoms with van der Waals surface area (Å²) in [5.41, 5.74) is 1.75. The van der Waals surface area contributed by atoms with Crippen LogP contribution in [0.4, 0.5) is 10.1 Å². The summed E-state index contributed by atoms with van der Waals surface area (Å²) in [6, 6.07) is 10.6. The van der Waals surface area contributed by atoms with Crippen molar-refractivity contribution in [3.63, 3.8) is 0 Å². The van der Waals surface area contributed by atoms with Crippen molar-refractivity contribution < 1.29 is 18.6 Å². The van der Waals surface area contributed by atoms with Crippen molar-refractivity contribution in [2.45, 2.75) is 0 Å². The first-order chi connectivity index (χ1) is 9.47. The fraction of sp³-hybridized carbons (Fsp3) is 0.0769. The van der Waals surface area contributed by atoms with Crippen LogP contribution in [-0.4, -0.2) is 27.6 Å². The summed E-state index contributed by atoms with van der Waals surface area (Å²) in [7, 11) is -2.81. The molecule has 0 aliphatic carbocycles. The van der Waals surface area contributed by atoms with Crippen molar-refractivity contribution in [3.05, 3.63) is 48.3 Å². The summed E-state index contributed by atoms with van der Waals surface area (Å²) < 4.78 is 27.6. The van der Waals surface area contributed by atoms with Crippen molar-refractivity contribution in [3.8, 4) is 11.1 Å². The lowest BCUT2D eigenvalue weighted by Crippen LogP contribution is -2.29. The fourth-order valence-corrected chi connectivity index (χ4v) is 2.28. The lowest BCUT2D eigenvalue weighted by atomic mass is 9.79. The fourth-order valence-electron chi connectivity index (χ4n) is 1.81. The zero-order valence-electron chi connectivity index (χ0n) is 10.7. The first-order valence-corrected chi connectivity index (χ1v) is 7.39. The zero-order valence-corrected chi connectivity index (χ0v) is 11.5. The van der Waals surface area contributed by atoms with E-state index in [1.165, 1.54) is 24.5 Å². The van der Waals surface area contributed by atoms with Gasteiger partial charge in [0.15, 0.2) is 0 Å². The van der Waals surface area contributed by atoms with E-state index in [0.29, 0.717) is 11.3 Å². The smallest absolute Gasteiger partial charge is 0.423 e. The maximum atomic E-state index is 13.8. The maximum absolute atomic E-state index is 13.8. The van der Waals surface area contributed by atoms with Gasteiger partial charge >= 0.3 is 7.12 Å². The van der Waals surface area contributed by atoms with Crippen LogP contribution in [0.3, 0.4) is 0 Å². The first-order valence-electron chi connectivity index (χ1n) is 5.83. The Kier molecular flexibility index (Phi) is 4.54. The number of halogens is 1. The minimum atomic E-state index is -1.64. The van der Waals surface area contributed by atoms with Gasteiger partial charge in [0.2, 0.25) is 0 Å². The van der Waals surface area contributed by atoms with Gasteiger partial charge < -0.3 is 14.8 Å². The molecular weight excluding hydrogens is 280 g/mol. The Bertz CT molecular complexity index is 634. The molecule has 7 heteroatoms. The predicted octanol–water partition coefficient (Wildman–Crippen LogP) is 0.878. The number of anilines is 1. The molecule has 0 saturated heterocycles. The van der Waals surface area contributed by atoms with E-state index in [2.05, 4.69) is 4.72 Å². The Hall–Kier alpha value is -1.70. The van der Waals surface area contributed by atoms with Crippen LogP contribution in [0.2, 0.25) is 0 Å². The van der Waals surface area contributed by atoms with Gasteiger partial charge in [-0.2, -0.15) is 0 Å². The summed E-state index contributed by atoms with van der Waals surface area (Å²) in [5.74, 6) is -0.450. The van der Waals surface area contributed by atoms with Crippen molar-refractivity contribution >= 4 is 29.3 Å². The second kappa shape index (κ2) is 6.17. The SMILES string of the molecule is CS(=O)Nc1ccc(-c2cc(B(O)O)ccc2F)cc1. The Morgan fingerprint density at radius 1 is 1.15 bits per heavy atom. The highest BCUT2D eigenvalue weighted by Gasteiger charge is 2.14. The van der Waals surface area contributed by atoms with E-state index in [-0.39, 0.29) is 11.0 Å². The van der Waals surface area contributed by atoms with E-state index in [1.807, 2.05) is 0 Å². The second-order valence-corrected chi connectivity index (χ2v) is 5.36. The van der Waals surface area contributed by atoms with Gasteiger partial charge in [-0.3, -0.25) is 0 Å². The normalized spacial score (nSPS) is 12.0. The first kappa shape index (κ1) is 14.7. The Morgan fingerprint density at radius 2 is 1.80 bits per heavy atom. The molecule has 0 aliphatic rings. The Labute approximate surface area is 119 Å². The standard InChI is InChI=1S/C13H13BFNO3S/c1-20(19)16-11-5-2-9(3-6-11)12-8-10(14(17)18)4-7-13(12)15/h2-8,16-18H,1H3. The van der Waals surface area contributed by atoms with Crippen LogP contribution in [0, 0.1) is 5.82 Å². The van der Waals surface area contributed by atoms with E-state index < -0.39 is 23.9 Å². The molecule has 0 heterocycles. The zero-order chi connectivity index (χ0) is 14.7. The van der Waals surface area contributed by atoms with Gasteiger partial charge in [-0.15, -0.1) is 0 Å². The van der Waals surface area contributed by atoms with Gasteiger partial charge in [-0.1, -0.05) is 24.3 Å². The summed E-state index contributed by atoms with van der Waals surface area (Å²) in [4.78, 5) is 0. The Balaban J connectivity index is 2.36. The van der Waals surface area contributed by atoms with E-state index in [4.69, 9.17) is 10.0 Å². The summed E-state index contributed by atoms with van der Waals surface area (Å²) in [6.45, 7) is 0. The molecule has 104 valence electrons. The van der Waals surface area contributed by atoms with Crippen LogP contribution in [-0.2, 0) is 11.0 Å². The minimum absolute atomic E-state index is 0.221. The molecule has 0 saturated carbocycles. The van der Waals surface area contributed by atoms with Crippen LogP contribution < -0.4 is 10.2 Å². The minimum Gasteiger partial charge on any atom is -0.423 e. The monoisotopic (exact) mass is 293 g/mol. The third-order valence-electron chi connectivity index (χ3n) is 2.75. The van der Waals surface area contributed by atoms with E-state index in [1.54, 1.807) is 24.3 Å². The molecular formula is C13H13BFNO3S. The average molecular weight is 293 g/mol. The van der Waals surface area contributed by atoms with Crippen LogP contribution in [0.25, 0.3) is 11.1 Å². The van der Waals surface area contributed by atoms with Crippen molar-refractivity contribution in [1.29, 1.82) is 0 Å². The lowest BCUT2D eigenvalue weighted by molar-refractivity contribution is 0.425. The Morgan fingerprint density at radius 3 is 2.35 bits per heavy atom. The molecule has 0 bridgehead atoms. The third kappa shape index (κ3) is 3.44. The highest BCUT2D eigenvalue weighted by molar-refractivity contribution is 7.85. The van der Waals surface area contributed by atoms with Gasteiger partial charge in [0.1, 0.15) is 16.8 Å². The van der Waals surface area contributed by atoms with Gasteiger partial charge in [-0.25, -0.2) is 8.60 Å². The summed E-state index contributed by atoms with van der Waals surface area (Å²) in [5, 5.41) is 18.2. The number of benzene rings is 2. The molecule has 0 aliphatic heterocycles. The topological polar surface area (TPSA) is 69.6 Å². The van der Waals surface area contributed by atoms with Crippen LogP contribution in [0.5, 0.6) is 0 Å². The number of nitrogens with one attached hydrogen (secondary N) is 1. The van der Waals surface area contributed by atoms with Crippen LogP contribution >= 0.6 is 0 Å². The van der Waals surface area contributed by atoms with E-state index >= 15 is 0 Å². The highest BCUT2D eigenvalue weighted by Crippen LogP contribution is 2.23. The largest absolute Gasteiger partial charge is 0.488 e. The molecule has 2 aromatic rings. The van der Waals surface area contributed by atoms with Crippen LogP contribution in [0.1, 0.15) is 0 Å². The van der Waals surface area contributed by atoms with Crippen molar-refractivity contribution in [2.24, 2.45) is 0 Å². The molecule has 0 aromatic heterocycles. The molecule has 20 heavy (non-hydrogen) atoms. The van der Waals surface area contributed by atoms with Gasteiger partial charge in [-0.05, 0) is 29.2 Å². The molecule has 1 unspecified atom stereocenters. The predicted molar refractivity (Wildman–Crippen MR) is 79.4 cm³/mol.